The lowest BCUT2D eigenvalue weighted by molar-refractivity contribution is 0.302. The number of aryl methyl sites for hydroxylation is 2. The maximum Gasteiger partial charge on any atom is 0.131 e. The highest BCUT2D eigenvalue weighted by atomic mass is 14.9. The molecule has 2 aromatic rings. The van der Waals surface area contributed by atoms with Gasteiger partial charge in [0.25, 0.3) is 0 Å². The van der Waals surface area contributed by atoms with E-state index in [-0.39, 0.29) is 0 Å². The second-order valence-corrected chi connectivity index (χ2v) is 8.39. The van der Waals surface area contributed by atoms with Crippen molar-refractivity contribution >= 4 is 0 Å². The number of rotatable bonds is 8. The molecular formula is C25H36N2. The van der Waals surface area contributed by atoms with Crippen LogP contribution in [0.4, 0.5) is 0 Å². The van der Waals surface area contributed by atoms with Crippen molar-refractivity contribution in [3.8, 4) is 11.1 Å². The van der Waals surface area contributed by atoms with Crippen molar-refractivity contribution in [1.82, 2.24) is 9.97 Å². The second kappa shape index (κ2) is 10.0. The van der Waals surface area contributed by atoms with E-state index in [1.165, 1.54) is 80.9 Å². The van der Waals surface area contributed by atoms with Crippen LogP contribution < -0.4 is 0 Å². The predicted octanol–water partition coefficient (Wildman–Crippen LogP) is 7.26. The van der Waals surface area contributed by atoms with Gasteiger partial charge in [-0.25, -0.2) is 9.97 Å². The number of nitrogens with zero attached hydrogens (tertiary/aromatic N) is 2. The van der Waals surface area contributed by atoms with Crippen LogP contribution in [0.3, 0.4) is 0 Å². The Morgan fingerprint density at radius 1 is 0.926 bits per heavy atom. The molecule has 0 saturated heterocycles. The number of hydrogen-bond donors (Lipinski definition) is 0. The third kappa shape index (κ3) is 5.40. The molecule has 1 aliphatic rings. The first-order valence-corrected chi connectivity index (χ1v) is 11.1. The molecule has 0 radical (unpaired) electrons. The average Bonchev–Trinajstić information content (AvgIpc) is 2.70. The van der Waals surface area contributed by atoms with Crippen LogP contribution in [-0.4, -0.2) is 9.97 Å². The van der Waals surface area contributed by atoms with E-state index in [0.29, 0.717) is 5.92 Å². The van der Waals surface area contributed by atoms with Gasteiger partial charge in [-0.3, -0.25) is 0 Å². The zero-order chi connectivity index (χ0) is 19.1. The third-order valence-electron chi connectivity index (χ3n) is 6.24. The van der Waals surface area contributed by atoms with Crippen molar-refractivity contribution in [2.45, 2.75) is 90.9 Å². The van der Waals surface area contributed by atoms with Gasteiger partial charge in [0.1, 0.15) is 5.82 Å². The SMILES string of the molecule is CCCCCc1ccc(-c2cnc(C3CCC(CCC)CC3)nc2C)cc1. The van der Waals surface area contributed by atoms with Crippen molar-refractivity contribution in [2.75, 3.05) is 0 Å². The number of unbranched alkanes of at least 4 members (excludes halogenated alkanes) is 2. The van der Waals surface area contributed by atoms with Gasteiger partial charge in [0.15, 0.2) is 0 Å². The van der Waals surface area contributed by atoms with Crippen LogP contribution in [0.15, 0.2) is 30.5 Å². The van der Waals surface area contributed by atoms with E-state index in [9.17, 15) is 0 Å². The van der Waals surface area contributed by atoms with Crippen LogP contribution in [0.2, 0.25) is 0 Å². The molecule has 1 aromatic heterocycles. The molecule has 2 nitrogen and oxygen atoms in total. The average molecular weight is 365 g/mol. The highest BCUT2D eigenvalue weighted by Crippen LogP contribution is 2.36. The zero-order valence-electron chi connectivity index (χ0n) is 17.5. The molecule has 1 aliphatic carbocycles. The van der Waals surface area contributed by atoms with Crippen LogP contribution in [0.1, 0.15) is 94.6 Å². The highest BCUT2D eigenvalue weighted by molar-refractivity contribution is 5.65. The van der Waals surface area contributed by atoms with Gasteiger partial charge < -0.3 is 0 Å². The molecule has 0 bridgehead atoms. The summed E-state index contributed by atoms with van der Waals surface area (Å²) < 4.78 is 0. The minimum Gasteiger partial charge on any atom is -0.240 e. The highest BCUT2D eigenvalue weighted by Gasteiger charge is 2.24. The lowest BCUT2D eigenvalue weighted by Crippen LogP contribution is -2.15. The van der Waals surface area contributed by atoms with E-state index in [2.05, 4.69) is 51.2 Å². The summed E-state index contributed by atoms with van der Waals surface area (Å²) in [7, 11) is 0. The Balaban J connectivity index is 1.64. The molecule has 1 saturated carbocycles. The smallest absolute Gasteiger partial charge is 0.131 e. The second-order valence-electron chi connectivity index (χ2n) is 8.39. The van der Waals surface area contributed by atoms with Crippen LogP contribution in [0, 0.1) is 12.8 Å². The summed E-state index contributed by atoms with van der Waals surface area (Å²) in [6.07, 6.45) is 15.0. The van der Waals surface area contributed by atoms with Crippen LogP contribution >= 0.6 is 0 Å². The normalized spacial score (nSPS) is 20.0. The number of aromatic nitrogens is 2. The Labute approximate surface area is 165 Å². The summed E-state index contributed by atoms with van der Waals surface area (Å²) in [5.74, 6) is 2.57. The zero-order valence-corrected chi connectivity index (χ0v) is 17.5. The summed E-state index contributed by atoms with van der Waals surface area (Å²) in [6, 6.07) is 9.02. The van der Waals surface area contributed by atoms with Gasteiger partial charge in [0.05, 0.1) is 0 Å². The monoisotopic (exact) mass is 364 g/mol. The Morgan fingerprint density at radius 2 is 1.67 bits per heavy atom. The quantitative estimate of drug-likeness (QED) is 0.461. The number of hydrogen-bond acceptors (Lipinski definition) is 2. The Kier molecular flexibility index (Phi) is 7.43. The lowest BCUT2D eigenvalue weighted by atomic mass is 9.79. The van der Waals surface area contributed by atoms with Gasteiger partial charge in [-0.15, -0.1) is 0 Å². The number of benzene rings is 1. The molecular weight excluding hydrogens is 328 g/mol. The summed E-state index contributed by atoms with van der Waals surface area (Å²) in [6.45, 7) is 6.69. The Hall–Kier alpha value is -1.70. The molecule has 0 amide bonds. The minimum atomic E-state index is 0.562. The molecule has 0 atom stereocenters. The Bertz CT molecular complexity index is 697. The van der Waals surface area contributed by atoms with E-state index in [0.717, 1.165) is 17.4 Å². The summed E-state index contributed by atoms with van der Waals surface area (Å²) in [4.78, 5) is 9.70. The largest absolute Gasteiger partial charge is 0.240 e. The fraction of sp³-hybridized carbons (Fsp3) is 0.600. The van der Waals surface area contributed by atoms with Gasteiger partial charge in [-0.1, -0.05) is 63.8 Å². The molecule has 0 N–H and O–H groups in total. The van der Waals surface area contributed by atoms with E-state index < -0.39 is 0 Å². The van der Waals surface area contributed by atoms with Crippen molar-refractivity contribution in [3.63, 3.8) is 0 Å². The van der Waals surface area contributed by atoms with Gasteiger partial charge in [0, 0.05) is 23.4 Å². The molecule has 0 spiro atoms. The molecule has 0 unspecified atom stereocenters. The van der Waals surface area contributed by atoms with Crippen molar-refractivity contribution in [1.29, 1.82) is 0 Å². The van der Waals surface area contributed by atoms with Gasteiger partial charge in [-0.2, -0.15) is 0 Å². The molecule has 1 heterocycles. The predicted molar refractivity (Wildman–Crippen MR) is 115 cm³/mol. The topological polar surface area (TPSA) is 25.8 Å². The van der Waals surface area contributed by atoms with Crippen molar-refractivity contribution in [3.05, 3.63) is 47.5 Å². The molecule has 3 rings (SSSR count). The third-order valence-corrected chi connectivity index (χ3v) is 6.24. The van der Waals surface area contributed by atoms with E-state index in [4.69, 9.17) is 9.97 Å². The van der Waals surface area contributed by atoms with Crippen LogP contribution in [-0.2, 0) is 6.42 Å². The van der Waals surface area contributed by atoms with Gasteiger partial charge in [-0.05, 0) is 62.5 Å². The maximum absolute atomic E-state index is 4.92. The molecule has 1 aromatic carbocycles. The summed E-state index contributed by atoms with van der Waals surface area (Å²) in [5.41, 5.74) is 4.98. The fourth-order valence-electron chi connectivity index (χ4n) is 4.51. The maximum atomic E-state index is 4.92. The van der Waals surface area contributed by atoms with E-state index in [1.54, 1.807) is 0 Å². The first-order chi connectivity index (χ1) is 13.2. The van der Waals surface area contributed by atoms with Crippen molar-refractivity contribution < 1.29 is 0 Å². The first-order valence-electron chi connectivity index (χ1n) is 11.1. The molecule has 2 heteroatoms. The van der Waals surface area contributed by atoms with E-state index >= 15 is 0 Å². The van der Waals surface area contributed by atoms with Gasteiger partial charge in [0.2, 0.25) is 0 Å². The molecule has 27 heavy (non-hydrogen) atoms. The summed E-state index contributed by atoms with van der Waals surface area (Å²) in [5, 5.41) is 0. The minimum absolute atomic E-state index is 0.562. The van der Waals surface area contributed by atoms with E-state index in [1.807, 2.05) is 0 Å². The molecule has 0 aliphatic heterocycles. The Morgan fingerprint density at radius 3 is 2.30 bits per heavy atom. The standard InChI is InChI=1S/C25H36N2/c1-4-6-7-9-21-10-14-22(15-11-21)24-18-26-25(27-19(24)3)23-16-12-20(8-5-2)13-17-23/h10-11,14-15,18,20,23H,4-9,12-13,16-17H2,1-3H3. The lowest BCUT2D eigenvalue weighted by Gasteiger charge is -2.27. The van der Waals surface area contributed by atoms with Crippen molar-refractivity contribution in [2.24, 2.45) is 5.92 Å². The summed E-state index contributed by atoms with van der Waals surface area (Å²) >= 11 is 0. The molecule has 1 fully saturated rings. The van der Waals surface area contributed by atoms with Crippen LogP contribution in [0.25, 0.3) is 11.1 Å². The fourth-order valence-corrected chi connectivity index (χ4v) is 4.51. The molecule has 146 valence electrons. The first kappa shape index (κ1) is 20.0. The van der Waals surface area contributed by atoms with Crippen LogP contribution in [0.5, 0.6) is 0 Å². The van der Waals surface area contributed by atoms with Gasteiger partial charge >= 0.3 is 0 Å².